The van der Waals surface area contributed by atoms with Crippen molar-refractivity contribution >= 4 is 34.8 Å². The van der Waals surface area contributed by atoms with Crippen LogP contribution in [0.15, 0.2) is 42.5 Å². The number of thiocarbonyl (C=S) groups is 1. The van der Waals surface area contributed by atoms with Gasteiger partial charge in [-0.15, -0.1) is 0 Å². The van der Waals surface area contributed by atoms with E-state index >= 15 is 0 Å². The van der Waals surface area contributed by atoms with Crippen molar-refractivity contribution in [3.8, 4) is 5.75 Å². The fraction of sp³-hybridized carbons (Fsp3) is 0.0667. The van der Waals surface area contributed by atoms with Gasteiger partial charge in [0.05, 0.1) is 5.02 Å². The van der Waals surface area contributed by atoms with Crippen molar-refractivity contribution in [2.45, 2.75) is 6.61 Å². The average Bonchev–Trinajstić information content (AvgIpc) is 2.47. The van der Waals surface area contributed by atoms with Gasteiger partial charge in [-0.05, 0) is 48.1 Å². The molecular formula is C15H12ClFN2O2S. The number of halogens is 2. The number of amides is 1. The molecule has 0 saturated carbocycles. The topological polar surface area (TPSA) is 64.3 Å². The average molecular weight is 339 g/mol. The lowest BCUT2D eigenvalue weighted by Gasteiger charge is -2.10. The van der Waals surface area contributed by atoms with E-state index < -0.39 is 5.91 Å². The summed E-state index contributed by atoms with van der Waals surface area (Å²) in [4.78, 5) is 11.7. The Morgan fingerprint density at radius 1 is 1.27 bits per heavy atom. The van der Waals surface area contributed by atoms with Gasteiger partial charge in [-0.2, -0.15) is 0 Å². The van der Waals surface area contributed by atoms with Crippen molar-refractivity contribution in [2.24, 2.45) is 5.73 Å². The van der Waals surface area contributed by atoms with E-state index in [0.717, 1.165) is 5.56 Å². The van der Waals surface area contributed by atoms with E-state index in [-0.39, 0.29) is 22.6 Å². The molecule has 2 rings (SSSR count). The van der Waals surface area contributed by atoms with Crippen molar-refractivity contribution in [1.29, 1.82) is 0 Å². The SMILES string of the molecule is NC(=S)NC(=O)c1ccc(OCc2ccc(F)cc2)c(Cl)c1. The number of rotatable bonds is 4. The minimum Gasteiger partial charge on any atom is -0.487 e. The Morgan fingerprint density at radius 3 is 2.55 bits per heavy atom. The number of ether oxygens (including phenoxy) is 1. The standard InChI is InChI=1S/C15H12ClFN2O2S/c16-12-7-10(14(20)19-15(18)22)3-6-13(12)21-8-9-1-4-11(17)5-2-9/h1-7H,8H2,(H3,18,19,20,22). The number of nitrogens with one attached hydrogen (secondary N) is 1. The quantitative estimate of drug-likeness (QED) is 0.841. The molecule has 0 aliphatic rings. The zero-order chi connectivity index (χ0) is 16.1. The minimum atomic E-state index is -0.445. The molecule has 7 heteroatoms. The van der Waals surface area contributed by atoms with Crippen molar-refractivity contribution < 1.29 is 13.9 Å². The van der Waals surface area contributed by atoms with Gasteiger partial charge in [-0.25, -0.2) is 4.39 Å². The highest BCUT2D eigenvalue weighted by Gasteiger charge is 2.10. The molecule has 1 amide bonds. The van der Waals surface area contributed by atoms with Gasteiger partial charge in [0, 0.05) is 5.56 Å². The predicted octanol–water partition coefficient (Wildman–Crippen LogP) is 3.03. The maximum Gasteiger partial charge on any atom is 0.257 e. The molecule has 0 aliphatic carbocycles. The van der Waals surface area contributed by atoms with Gasteiger partial charge in [0.25, 0.3) is 5.91 Å². The maximum atomic E-state index is 12.8. The first-order valence-electron chi connectivity index (χ1n) is 6.23. The van der Waals surface area contributed by atoms with Gasteiger partial charge in [-0.3, -0.25) is 10.1 Å². The fourth-order valence-corrected chi connectivity index (χ4v) is 2.01. The van der Waals surface area contributed by atoms with Crippen molar-refractivity contribution in [3.63, 3.8) is 0 Å². The van der Waals surface area contributed by atoms with E-state index in [1.54, 1.807) is 24.3 Å². The van der Waals surface area contributed by atoms with Crippen molar-refractivity contribution in [2.75, 3.05) is 0 Å². The van der Waals surface area contributed by atoms with Crippen LogP contribution < -0.4 is 15.8 Å². The summed E-state index contributed by atoms with van der Waals surface area (Å²) >= 11 is 10.7. The predicted molar refractivity (Wildman–Crippen MR) is 86.4 cm³/mol. The van der Waals surface area contributed by atoms with Gasteiger partial charge in [0.2, 0.25) is 0 Å². The molecule has 0 aromatic heterocycles. The number of hydrogen-bond donors (Lipinski definition) is 2. The highest BCUT2D eigenvalue weighted by atomic mass is 35.5. The Balaban J connectivity index is 2.05. The Morgan fingerprint density at radius 2 is 1.95 bits per heavy atom. The molecule has 0 saturated heterocycles. The monoisotopic (exact) mass is 338 g/mol. The number of carbonyl (C=O) groups excluding carboxylic acids is 1. The summed E-state index contributed by atoms with van der Waals surface area (Å²) in [5.41, 5.74) is 6.35. The van der Waals surface area contributed by atoms with Crippen LogP contribution in [0.5, 0.6) is 5.75 Å². The molecule has 3 N–H and O–H groups in total. The highest BCUT2D eigenvalue weighted by molar-refractivity contribution is 7.80. The van der Waals surface area contributed by atoms with Gasteiger partial charge in [0.15, 0.2) is 5.11 Å². The van der Waals surface area contributed by atoms with Crippen molar-refractivity contribution in [1.82, 2.24) is 5.32 Å². The third-order valence-corrected chi connectivity index (χ3v) is 3.14. The molecule has 0 spiro atoms. The molecule has 2 aromatic rings. The second-order valence-corrected chi connectivity index (χ2v) is 5.23. The molecule has 0 heterocycles. The normalized spacial score (nSPS) is 10.1. The molecule has 0 bridgehead atoms. The van der Waals surface area contributed by atoms with E-state index in [9.17, 15) is 9.18 Å². The molecule has 0 unspecified atom stereocenters. The Bertz CT molecular complexity index is 707. The number of benzene rings is 2. The van der Waals surface area contributed by atoms with Crippen LogP contribution in [0.1, 0.15) is 15.9 Å². The Kier molecular flexibility index (Phi) is 5.30. The molecule has 0 fully saturated rings. The van der Waals surface area contributed by atoms with E-state index in [1.807, 2.05) is 0 Å². The van der Waals surface area contributed by atoms with Gasteiger partial charge in [0.1, 0.15) is 18.2 Å². The lowest BCUT2D eigenvalue weighted by Crippen LogP contribution is -2.34. The van der Waals surface area contributed by atoms with Gasteiger partial charge >= 0.3 is 0 Å². The summed E-state index contributed by atoms with van der Waals surface area (Å²) in [5, 5.41) is 2.47. The first-order valence-corrected chi connectivity index (χ1v) is 7.02. The number of hydrogen-bond acceptors (Lipinski definition) is 3. The summed E-state index contributed by atoms with van der Waals surface area (Å²) in [6.07, 6.45) is 0. The van der Waals surface area contributed by atoms with Crippen LogP contribution in [0.2, 0.25) is 5.02 Å². The van der Waals surface area contributed by atoms with Crippen LogP contribution in [0.4, 0.5) is 4.39 Å². The molecule has 114 valence electrons. The fourth-order valence-electron chi connectivity index (χ4n) is 1.68. The maximum absolute atomic E-state index is 12.8. The van der Waals surface area contributed by atoms with Crippen LogP contribution in [0.25, 0.3) is 0 Å². The zero-order valence-corrected chi connectivity index (χ0v) is 12.9. The van der Waals surface area contributed by atoms with Crippen LogP contribution >= 0.6 is 23.8 Å². The molecular weight excluding hydrogens is 327 g/mol. The van der Waals surface area contributed by atoms with Crippen LogP contribution in [-0.4, -0.2) is 11.0 Å². The molecule has 4 nitrogen and oxygen atoms in total. The third kappa shape index (κ3) is 4.41. The number of carbonyl (C=O) groups is 1. The van der Waals surface area contributed by atoms with E-state index in [0.29, 0.717) is 11.3 Å². The summed E-state index contributed by atoms with van der Waals surface area (Å²) < 4.78 is 18.3. The zero-order valence-electron chi connectivity index (χ0n) is 11.3. The first kappa shape index (κ1) is 16.2. The van der Waals surface area contributed by atoms with Gasteiger partial charge < -0.3 is 10.5 Å². The van der Waals surface area contributed by atoms with Crippen molar-refractivity contribution in [3.05, 3.63) is 64.4 Å². The van der Waals surface area contributed by atoms with Crippen LogP contribution in [0.3, 0.4) is 0 Å². The Hall–Kier alpha value is -2.18. The molecule has 0 atom stereocenters. The summed E-state index contributed by atoms with van der Waals surface area (Å²) in [5.74, 6) is -0.340. The number of nitrogens with two attached hydrogens (primary N) is 1. The first-order chi connectivity index (χ1) is 10.5. The second-order valence-electron chi connectivity index (χ2n) is 4.38. The Labute approximate surface area is 137 Å². The summed E-state index contributed by atoms with van der Waals surface area (Å²) in [6, 6.07) is 10.5. The van der Waals surface area contributed by atoms with Crippen LogP contribution in [0, 0.1) is 5.82 Å². The highest BCUT2D eigenvalue weighted by Crippen LogP contribution is 2.26. The second kappa shape index (κ2) is 7.20. The molecule has 2 aromatic carbocycles. The summed E-state index contributed by atoms with van der Waals surface area (Å²) in [7, 11) is 0. The van der Waals surface area contributed by atoms with Crippen LogP contribution in [-0.2, 0) is 6.61 Å². The summed E-state index contributed by atoms with van der Waals surface area (Å²) in [6.45, 7) is 0.235. The van der Waals surface area contributed by atoms with Gasteiger partial charge in [-0.1, -0.05) is 23.7 Å². The molecule has 22 heavy (non-hydrogen) atoms. The lowest BCUT2D eigenvalue weighted by molar-refractivity contribution is 0.0977. The largest absolute Gasteiger partial charge is 0.487 e. The molecule has 0 radical (unpaired) electrons. The van der Waals surface area contributed by atoms with E-state index in [2.05, 4.69) is 17.5 Å². The minimum absolute atomic E-state index is 0.113. The lowest BCUT2D eigenvalue weighted by atomic mass is 10.2. The smallest absolute Gasteiger partial charge is 0.257 e. The van der Waals surface area contributed by atoms with E-state index in [4.69, 9.17) is 22.1 Å². The third-order valence-electron chi connectivity index (χ3n) is 2.74. The van der Waals surface area contributed by atoms with E-state index in [1.165, 1.54) is 18.2 Å². The molecule has 0 aliphatic heterocycles.